The fourth-order valence-corrected chi connectivity index (χ4v) is 2.98. The molecule has 29 heavy (non-hydrogen) atoms. The van der Waals surface area contributed by atoms with Gasteiger partial charge >= 0.3 is 6.09 Å². The van der Waals surface area contributed by atoms with Crippen molar-refractivity contribution >= 4 is 33.6 Å². The number of phenolic OH excluding ortho intramolecular Hbond substituents is 1. The lowest BCUT2D eigenvalue weighted by molar-refractivity contribution is -0.124. The molecule has 0 bridgehead atoms. The van der Waals surface area contributed by atoms with E-state index in [1.165, 1.54) is 23.7 Å². The van der Waals surface area contributed by atoms with Gasteiger partial charge in [0.05, 0.1) is 0 Å². The third kappa shape index (κ3) is 7.59. The number of benzene rings is 2. The summed E-state index contributed by atoms with van der Waals surface area (Å²) in [5.74, 6) is -0.549. The summed E-state index contributed by atoms with van der Waals surface area (Å²) >= 11 is 3.34. The van der Waals surface area contributed by atoms with Crippen LogP contribution in [0.1, 0.15) is 31.4 Å². The number of carbonyl (C=O) groups is 2. The van der Waals surface area contributed by atoms with Crippen LogP contribution in [0, 0.1) is 5.92 Å². The standard InChI is InChI=1S/C21H23BrN2O5/c1-14(4-2-3-5-19(26)24-28)20(15-6-12-18(25)13-7-15)29-21(27)23-17-10-8-16(22)9-11-17/h3,5-14,20,25,28H,2,4H2,1H3,(H,23,27)(H,24,26)/b5-3+/t14-,20-/m1/s1. The molecular weight excluding hydrogens is 440 g/mol. The van der Waals surface area contributed by atoms with E-state index in [1.807, 2.05) is 19.1 Å². The average molecular weight is 463 g/mol. The van der Waals surface area contributed by atoms with Gasteiger partial charge in [0.15, 0.2) is 0 Å². The first-order valence-corrected chi connectivity index (χ1v) is 9.81. The maximum atomic E-state index is 12.4. The van der Waals surface area contributed by atoms with Crippen molar-refractivity contribution in [3.8, 4) is 5.75 Å². The van der Waals surface area contributed by atoms with Crippen LogP contribution in [0.5, 0.6) is 5.75 Å². The summed E-state index contributed by atoms with van der Waals surface area (Å²) in [4.78, 5) is 23.5. The lowest BCUT2D eigenvalue weighted by Gasteiger charge is -2.24. The van der Waals surface area contributed by atoms with Crippen LogP contribution in [0.3, 0.4) is 0 Å². The number of halogens is 1. The van der Waals surface area contributed by atoms with Gasteiger partial charge in [0, 0.05) is 16.2 Å². The van der Waals surface area contributed by atoms with Crippen LogP contribution in [0.2, 0.25) is 0 Å². The number of carbonyl (C=O) groups excluding carboxylic acids is 2. The summed E-state index contributed by atoms with van der Waals surface area (Å²) in [6.45, 7) is 1.93. The van der Waals surface area contributed by atoms with Gasteiger partial charge in [-0.05, 0) is 60.7 Å². The monoisotopic (exact) mass is 462 g/mol. The van der Waals surface area contributed by atoms with E-state index in [4.69, 9.17) is 9.94 Å². The van der Waals surface area contributed by atoms with Crippen LogP contribution in [-0.4, -0.2) is 22.3 Å². The smallest absolute Gasteiger partial charge is 0.412 e. The Hall–Kier alpha value is -2.84. The molecule has 0 radical (unpaired) electrons. The lowest BCUT2D eigenvalue weighted by atomic mass is 9.93. The number of hydrogen-bond donors (Lipinski definition) is 4. The molecule has 0 aliphatic rings. The van der Waals surface area contributed by atoms with E-state index in [2.05, 4.69) is 21.2 Å². The molecule has 0 aromatic heterocycles. The van der Waals surface area contributed by atoms with Crippen LogP contribution in [0.15, 0.2) is 65.2 Å². The Balaban J connectivity index is 2.06. The van der Waals surface area contributed by atoms with Crippen LogP contribution in [0.25, 0.3) is 0 Å². The molecule has 7 nitrogen and oxygen atoms in total. The molecule has 8 heteroatoms. The number of nitrogens with one attached hydrogen (secondary N) is 2. The molecule has 0 saturated heterocycles. The van der Waals surface area contributed by atoms with Crippen LogP contribution in [-0.2, 0) is 9.53 Å². The molecule has 2 aromatic carbocycles. The molecule has 4 N–H and O–H groups in total. The number of hydrogen-bond acceptors (Lipinski definition) is 5. The number of allylic oxidation sites excluding steroid dienone is 1. The number of hydroxylamine groups is 1. The normalized spacial score (nSPS) is 12.9. The van der Waals surface area contributed by atoms with Gasteiger partial charge in [0.1, 0.15) is 11.9 Å². The van der Waals surface area contributed by atoms with Crippen LogP contribution < -0.4 is 10.8 Å². The zero-order valence-corrected chi connectivity index (χ0v) is 17.4. The van der Waals surface area contributed by atoms with Crippen molar-refractivity contribution < 1.29 is 24.6 Å². The highest BCUT2D eigenvalue weighted by molar-refractivity contribution is 9.10. The highest BCUT2D eigenvalue weighted by atomic mass is 79.9. The number of rotatable bonds is 8. The maximum absolute atomic E-state index is 12.4. The molecule has 2 amide bonds. The Morgan fingerprint density at radius 3 is 2.41 bits per heavy atom. The van der Waals surface area contributed by atoms with Crippen molar-refractivity contribution in [2.45, 2.75) is 25.9 Å². The van der Waals surface area contributed by atoms with Gasteiger partial charge in [-0.1, -0.05) is 41.1 Å². The summed E-state index contributed by atoms with van der Waals surface area (Å²) in [6, 6.07) is 13.6. The van der Waals surface area contributed by atoms with Crippen molar-refractivity contribution in [3.63, 3.8) is 0 Å². The number of ether oxygens (including phenoxy) is 1. The number of anilines is 1. The van der Waals surface area contributed by atoms with Gasteiger partial charge in [-0.2, -0.15) is 0 Å². The second-order valence-corrected chi connectivity index (χ2v) is 7.40. The minimum Gasteiger partial charge on any atom is -0.508 e. The quantitative estimate of drug-likeness (QED) is 0.253. The van der Waals surface area contributed by atoms with Crippen LogP contribution in [0.4, 0.5) is 10.5 Å². The molecule has 0 saturated carbocycles. The van der Waals surface area contributed by atoms with E-state index in [1.54, 1.807) is 30.3 Å². The molecule has 0 heterocycles. The predicted molar refractivity (Wildman–Crippen MR) is 113 cm³/mol. The molecule has 2 aromatic rings. The predicted octanol–water partition coefficient (Wildman–Crippen LogP) is 4.92. The summed E-state index contributed by atoms with van der Waals surface area (Å²) in [5, 5.41) is 20.7. The minimum atomic E-state index is -0.599. The number of phenols is 1. The second kappa shape index (κ2) is 11.2. The van der Waals surface area contributed by atoms with Crippen molar-refractivity contribution in [1.82, 2.24) is 5.48 Å². The first-order chi connectivity index (χ1) is 13.9. The molecule has 154 valence electrons. The highest BCUT2D eigenvalue weighted by Crippen LogP contribution is 2.31. The van der Waals surface area contributed by atoms with Crippen LogP contribution >= 0.6 is 15.9 Å². The van der Waals surface area contributed by atoms with Crippen molar-refractivity contribution in [2.75, 3.05) is 5.32 Å². The molecule has 2 atom stereocenters. The molecular formula is C21H23BrN2O5. The van der Waals surface area contributed by atoms with E-state index >= 15 is 0 Å². The van der Waals surface area contributed by atoms with E-state index < -0.39 is 18.1 Å². The fraction of sp³-hybridized carbons (Fsp3) is 0.238. The lowest BCUT2D eigenvalue weighted by Crippen LogP contribution is -2.22. The SMILES string of the molecule is C[C@H](CC/C=C/C(=O)NO)[C@@H](OC(=O)Nc1ccc(Br)cc1)c1ccc(O)cc1. The summed E-state index contributed by atoms with van der Waals surface area (Å²) in [6.07, 6.45) is 2.92. The summed E-state index contributed by atoms with van der Waals surface area (Å²) in [7, 11) is 0. The van der Waals surface area contributed by atoms with E-state index in [9.17, 15) is 14.7 Å². The molecule has 0 aliphatic carbocycles. The number of amides is 2. The van der Waals surface area contributed by atoms with Crippen molar-refractivity contribution in [1.29, 1.82) is 0 Å². The van der Waals surface area contributed by atoms with E-state index in [0.29, 0.717) is 18.5 Å². The largest absolute Gasteiger partial charge is 0.508 e. The molecule has 0 aliphatic heterocycles. The first kappa shape index (κ1) is 22.4. The van der Waals surface area contributed by atoms with Crippen molar-refractivity contribution in [2.24, 2.45) is 5.92 Å². The van der Waals surface area contributed by atoms with E-state index in [-0.39, 0.29) is 11.7 Å². The summed E-state index contributed by atoms with van der Waals surface area (Å²) in [5.41, 5.74) is 2.88. The summed E-state index contributed by atoms with van der Waals surface area (Å²) < 4.78 is 6.58. The number of aromatic hydroxyl groups is 1. The van der Waals surface area contributed by atoms with Gasteiger partial charge in [0.2, 0.25) is 0 Å². The highest BCUT2D eigenvalue weighted by Gasteiger charge is 2.23. The average Bonchev–Trinajstić information content (AvgIpc) is 2.71. The third-order valence-electron chi connectivity index (χ3n) is 4.23. The Morgan fingerprint density at radius 1 is 1.14 bits per heavy atom. The topological polar surface area (TPSA) is 108 Å². The zero-order valence-electron chi connectivity index (χ0n) is 15.8. The van der Waals surface area contributed by atoms with Gasteiger partial charge in [-0.25, -0.2) is 10.3 Å². The van der Waals surface area contributed by atoms with Gasteiger partial charge < -0.3 is 9.84 Å². The third-order valence-corrected chi connectivity index (χ3v) is 4.76. The van der Waals surface area contributed by atoms with Gasteiger partial charge in [-0.3, -0.25) is 15.3 Å². The Labute approximate surface area is 177 Å². The van der Waals surface area contributed by atoms with Gasteiger partial charge in [-0.15, -0.1) is 0 Å². The Bertz CT molecular complexity index is 837. The Morgan fingerprint density at radius 2 is 1.79 bits per heavy atom. The van der Waals surface area contributed by atoms with Crippen molar-refractivity contribution in [3.05, 3.63) is 70.7 Å². The first-order valence-electron chi connectivity index (χ1n) is 9.01. The fourth-order valence-electron chi connectivity index (χ4n) is 2.71. The van der Waals surface area contributed by atoms with Gasteiger partial charge in [0.25, 0.3) is 5.91 Å². The minimum absolute atomic E-state index is 0.0722. The molecule has 0 unspecified atom stereocenters. The molecule has 0 fully saturated rings. The maximum Gasteiger partial charge on any atom is 0.412 e. The molecule has 0 spiro atoms. The van der Waals surface area contributed by atoms with E-state index in [0.717, 1.165) is 10.0 Å². The second-order valence-electron chi connectivity index (χ2n) is 6.48. The Kier molecular flexibility index (Phi) is 8.69. The zero-order chi connectivity index (χ0) is 21.2. The molecule has 2 rings (SSSR count).